The lowest BCUT2D eigenvalue weighted by atomic mass is 10.1. The number of quaternary nitrogens is 1. The molecule has 0 bridgehead atoms. The van der Waals surface area contributed by atoms with Crippen LogP contribution in [0.1, 0.15) is 26.3 Å². The number of hydrogen-bond donors (Lipinski definition) is 0. The first kappa shape index (κ1) is 13.2. The van der Waals surface area contributed by atoms with Crippen molar-refractivity contribution in [1.29, 1.82) is 0 Å². The topological polar surface area (TPSA) is 9.23 Å². The van der Waals surface area contributed by atoms with Crippen molar-refractivity contribution < 1.29 is 9.48 Å². The lowest BCUT2D eigenvalue weighted by Gasteiger charge is -2.34. The van der Waals surface area contributed by atoms with Gasteiger partial charge >= 0.3 is 0 Å². The molecule has 90 valence electrons. The molecule has 0 aliphatic heterocycles. The van der Waals surface area contributed by atoms with E-state index >= 15 is 0 Å². The van der Waals surface area contributed by atoms with Crippen LogP contribution in [0.4, 0.5) is 0 Å². The van der Waals surface area contributed by atoms with Crippen LogP contribution in [0.5, 0.6) is 0 Å². The van der Waals surface area contributed by atoms with Crippen LogP contribution in [0.15, 0.2) is 30.3 Å². The van der Waals surface area contributed by atoms with Crippen molar-refractivity contribution in [2.75, 3.05) is 20.2 Å². The Balaban J connectivity index is 2.78. The minimum absolute atomic E-state index is 0.642. The van der Waals surface area contributed by atoms with Crippen molar-refractivity contribution in [2.24, 2.45) is 5.92 Å². The van der Waals surface area contributed by atoms with Crippen molar-refractivity contribution in [2.45, 2.75) is 27.3 Å². The van der Waals surface area contributed by atoms with E-state index in [-0.39, 0.29) is 0 Å². The van der Waals surface area contributed by atoms with E-state index in [0.717, 1.165) is 19.6 Å². The second-order valence-corrected chi connectivity index (χ2v) is 4.78. The molecular weight excluding hydrogens is 198 g/mol. The highest BCUT2D eigenvalue weighted by Gasteiger charge is 2.27. The Morgan fingerprint density at radius 3 is 2.25 bits per heavy atom. The summed E-state index contributed by atoms with van der Waals surface area (Å²) in [5, 5.41) is 0. The maximum Gasteiger partial charge on any atom is 0.134 e. The summed E-state index contributed by atoms with van der Waals surface area (Å²) in [7, 11) is 1.81. The summed E-state index contributed by atoms with van der Waals surface area (Å²) in [4.78, 5) is 5.74. The van der Waals surface area contributed by atoms with Crippen LogP contribution in [0.25, 0.3) is 0 Å². The average Bonchev–Trinajstić information content (AvgIpc) is 2.29. The van der Waals surface area contributed by atoms with Crippen molar-refractivity contribution in [3.8, 4) is 0 Å². The van der Waals surface area contributed by atoms with Gasteiger partial charge in [-0.25, -0.2) is 4.84 Å². The van der Waals surface area contributed by atoms with E-state index in [1.807, 2.05) is 7.11 Å². The molecule has 0 N–H and O–H groups in total. The van der Waals surface area contributed by atoms with Gasteiger partial charge in [0.15, 0.2) is 0 Å². The van der Waals surface area contributed by atoms with Gasteiger partial charge < -0.3 is 0 Å². The quantitative estimate of drug-likeness (QED) is 0.530. The van der Waals surface area contributed by atoms with Gasteiger partial charge in [-0.1, -0.05) is 44.2 Å². The third-order valence-corrected chi connectivity index (χ3v) is 2.98. The zero-order chi connectivity index (χ0) is 12.0. The molecule has 0 amide bonds. The molecule has 0 saturated heterocycles. The Labute approximate surface area is 99.4 Å². The monoisotopic (exact) mass is 222 g/mol. The Morgan fingerprint density at radius 1 is 1.19 bits per heavy atom. The number of benzene rings is 1. The fourth-order valence-corrected chi connectivity index (χ4v) is 2.16. The molecule has 1 aromatic rings. The van der Waals surface area contributed by atoms with E-state index in [1.54, 1.807) is 0 Å². The highest BCUT2D eigenvalue weighted by Crippen LogP contribution is 2.17. The smallest absolute Gasteiger partial charge is 0.134 e. The van der Waals surface area contributed by atoms with Crippen LogP contribution in [0.2, 0.25) is 0 Å². The van der Waals surface area contributed by atoms with Gasteiger partial charge in [0.25, 0.3) is 0 Å². The van der Waals surface area contributed by atoms with E-state index in [1.165, 1.54) is 5.56 Å². The predicted molar refractivity (Wildman–Crippen MR) is 67.7 cm³/mol. The second-order valence-electron chi connectivity index (χ2n) is 4.78. The van der Waals surface area contributed by atoms with E-state index in [0.29, 0.717) is 10.6 Å². The molecule has 2 heteroatoms. The van der Waals surface area contributed by atoms with Gasteiger partial charge in [0.1, 0.15) is 19.6 Å². The normalized spacial score (nSPS) is 15.1. The van der Waals surface area contributed by atoms with Gasteiger partial charge in [0, 0.05) is 11.5 Å². The van der Waals surface area contributed by atoms with Gasteiger partial charge in [-0.05, 0) is 6.92 Å². The minimum Gasteiger partial charge on any atom is -0.206 e. The summed E-state index contributed by atoms with van der Waals surface area (Å²) < 4.78 is 0.710. The molecule has 0 saturated carbocycles. The Bertz CT molecular complexity index is 291. The molecule has 2 nitrogen and oxygen atoms in total. The van der Waals surface area contributed by atoms with E-state index < -0.39 is 0 Å². The molecular formula is C14H24NO+. The number of hydrogen-bond acceptors (Lipinski definition) is 1. The Hall–Kier alpha value is -0.860. The molecule has 0 aliphatic rings. The van der Waals surface area contributed by atoms with Crippen LogP contribution in [-0.4, -0.2) is 24.8 Å². The molecule has 0 fully saturated rings. The van der Waals surface area contributed by atoms with Gasteiger partial charge in [-0.15, -0.1) is 0 Å². The fourth-order valence-electron chi connectivity index (χ4n) is 2.16. The van der Waals surface area contributed by atoms with Gasteiger partial charge in [-0.3, -0.25) is 0 Å². The fraction of sp³-hybridized carbons (Fsp3) is 0.571. The van der Waals surface area contributed by atoms with Crippen molar-refractivity contribution in [3.63, 3.8) is 0 Å². The van der Waals surface area contributed by atoms with Crippen LogP contribution in [0.3, 0.4) is 0 Å². The summed E-state index contributed by atoms with van der Waals surface area (Å²) in [6, 6.07) is 10.6. The van der Waals surface area contributed by atoms with Crippen molar-refractivity contribution in [3.05, 3.63) is 35.9 Å². The minimum atomic E-state index is 0.642. The third-order valence-electron chi connectivity index (χ3n) is 2.98. The van der Waals surface area contributed by atoms with Gasteiger partial charge in [0.2, 0.25) is 0 Å². The summed E-state index contributed by atoms with van der Waals surface area (Å²) in [5.74, 6) is 0.642. The first-order valence-corrected chi connectivity index (χ1v) is 6.07. The van der Waals surface area contributed by atoms with Crippen molar-refractivity contribution >= 4 is 0 Å². The maximum absolute atomic E-state index is 5.74. The highest BCUT2D eigenvalue weighted by atomic mass is 16.7. The Kier molecular flexibility index (Phi) is 4.97. The molecule has 1 atom stereocenters. The zero-order valence-corrected chi connectivity index (χ0v) is 10.9. The predicted octanol–water partition coefficient (Wildman–Crippen LogP) is 3.24. The lowest BCUT2D eigenvalue weighted by Crippen LogP contribution is -2.48. The standard InChI is InChI=1S/C14H24NO/c1-5-15(16-4,11-13(2)3)12-14-9-7-6-8-10-14/h6-10,13H,5,11-12H2,1-4H3/q+1. The molecule has 0 aromatic heterocycles. The van der Waals surface area contributed by atoms with Gasteiger partial charge in [0.05, 0.1) is 7.11 Å². The second kappa shape index (κ2) is 6.02. The van der Waals surface area contributed by atoms with Crippen LogP contribution in [0, 0.1) is 5.92 Å². The zero-order valence-electron chi connectivity index (χ0n) is 10.9. The molecule has 0 heterocycles. The molecule has 16 heavy (non-hydrogen) atoms. The first-order chi connectivity index (χ1) is 7.62. The van der Waals surface area contributed by atoms with E-state index in [2.05, 4.69) is 51.1 Å². The lowest BCUT2D eigenvalue weighted by molar-refractivity contribution is -1.11. The largest absolute Gasteiger partial charge is 0.206 e. The highest BCUT2D eigenvalue weighted by molar-refractivity contribution is 5.13. The first-order valence-electron chi connectivity index (χ1n) is 6.07. The van der Waals surface area contributed by atoms with Crippen molar-refractivity contribution in [1.82, 2.24) is 0 Å². The number of rotatable bonds is 6. The number of hydroxylamine groups is 3. The summed E-state index contributed by atoms with van der Waals surface area (Å²) in [6.45, 7) is 9.69. The third kappa shape index (κ3) is 3.62. The molecule has 0 radical (unpaired) electrons. The average molecular weight is 222 g/mol. The number of nitrogens with zero attached hydrogens (tertiary/aromatic N) is 1. The summed E-state index contributed by atoms with van der Waals surface area (Å²) in [5.41, 5.74) is 1.34. The van der Waals surface area contributed by atoms with Crippen LogP contribution in [-0.2, 0) is 11.4 Å². The molecule has 1 aromatic carbocycles. The molecule has 1 rings (SSSR count). The SMILES string of the molecule is CC[N+](Cc1ccccc1)(CC(C)C)OC. The van der Waals surface area contributed by atoms with Crippen LogP contribution >= 0.6 is 0 Å². The molecule has 1 unspecified atom stereocenters. The molecule has 0 spiro atoms. The molecule has 0 aliphatic carbocycles. The maximum atomic E-state index is 5.74. The summed E-state index contributed by atoms with van der Waals surface area (Å²) >= 11 is 0. The summed E-state index contributed by atoms with van der Waals surface area (Å²) in [6.07, 6.45) is 0. The van der Waals surface area contributed by atoms with Gasteiger partial charge in [-0.2, -0.15) is 4.65 Å². The van der Waals surface area contributed by atoms with E-state index in [9.17, 15) is 0 Å². The van der Waals surface area contributed by atoms with Crippen LogP contribution < -0.4 is 0 Å². The van der Waals surface area contributed by atoms with E-state index in [4.69, 9.17) is 4.84 Å². The Morgan fingerprint density at radius 2 is 1.81 bits per heavy atom.